The summed E-state index contributed by atoms with van der Waals surface area (Å²) in [5.41, 5.74) is -2.56. The summed E-state index contributed by atoms with van der Waals surface area (Å²) in [4.78, 5) is 20.8. The molecule has 16 heteroatoms. The summed E-state index contributed by atoms with van der Waals surface area (Å²) < 4.78 is 63.2. The van der Waals surface area contributed by atoms with E-state index in [2.05, 4.69) is 5.16 Å². The zero-order valence-corrected chi connectivity index (χ0v) is 23.8. The van der Waals surface area contributed by atoms with E-state index >= 15 is 0 Å². The Kier molecular flexibility index (Phi) is 7.00. The van der Waals surface area contributed by atoms with Crippen LogP contribution in [-0.4, -0.2) is 42.2 Å². The lowest BCUT2D eigenvalue weighted by atomic mass is 10.0. The van der Waals surface area contributed by atoms with E-state index in [1.807, 2.05) is 0 Å². The lowest BCUT2D eigenvalue weighted by Crippen LogP contribution is -2.28. The van der Waals surface area contributed by atoms with E-state index in [9.17, 15) is 46.8 Å². The normalized spacial score (nSPS) is 13.4. The molecule has 43 heavy (non-hydrogen) atoms. The number of nitro benzene ring substituents is 2. The molecule has 0 amide bonds. The maximum atomic E-state index is 14.4. The topological polar surface area (TPSA) is 211 Å². The van der Waals surface area contributed by atoms with Crippen molar-refractivity contribution in [3.05, 3.63) is 115 Å². The number of oxime groups is 1. The molecule has 0 fully saturated rings. The third-order valence-electron chi connectivity index (χ3n) is 6.94. The first-order valence-corrected chi connectivity index (χ1v) is 15.1. The molecule has 0 saturated heterocycles. The molecule has 0 bridgehead atoms. The molecule has 1 aliphatic carbocycles. The van der Waals surface area contributed by atoms with Crippen LogP contribution in [0.3, 0.4) is 0 Å². The van der Waals surface area contributed by atoms with E-state index in [-0.39, 0.29) is 16.9 Å². The monoisotopic (exact) mass is 624 g/mol. The summed E-state index contributed by atoms with van der Waals surface area (Å²) in [6, 6.07) is 16.1. The minimum absolute atomic E-state index is 0.243. The Balaban J connectivity index is 1.86. The van der Waals surface area contributed by atoms with Gasteiger partial charge in [0.05, 0.1) is 37.2 Å². The number of nitrogens with zero attached hydrogens (tertiary/aromatic N) is 4. The Hall–Kier alpha value is -5.19. The van der Waals surface area contributed by atoms with Gasteiger partial charge in [-0.3, -0.25) is 24.8 Å². The zero-order chi connectivity index (χ0) is 31.4. The first-order chi connectivity index (χ1) is 20.2. The van der Waals surface area contributed by atoms with Gasteiger partial charge < -0.3 is 5.21 Å². The Morgan fingerprint density at radius 2 is 1.14 bits per heavy atom. The standard InChI is InChI=1S/C27H20N4O10S2/c1-15-7-3-5-9-21(15)29(22-10-6-4-8-16(22)2)42(37,38)17-11-19-25(23(13-17)30(33)34)26-20(27(19)28-32)12-18(43(39,40)41)14-24(26)31(35)36/h3-14,32H,1-2H3,(H,39,40,41)/b28-27-. The molecule has 14 nitrogen and oxygen atoms in total. The molecule has 5 rings (SSSR count). The van der Waals surface area contributed by atoms with Crippen LogP contribution < -0.4 is 4.31 Å². The minimum atomic E-state index is -5.02. The molecule has 4 aromatic rings. The average Bonchev–Trinajstić information content (AvgIpc) is 3.27. The van der Waals surface area contributed by atoms with Gasteiger partial charge in [-0.2, -0.15) is 8.42 Å². The van der Waals surface area contributed by atoms with Crippen LogP contribution in [0.2, 0.25) is 0 Å². The van der Waals surface area contributed by atoms with Crippen LogP contribution in [-0.2, 0) is 20.1 Å². The van der Waals surface area contributed by atoms with Crippen LogP contribution >= 0.6 is 0 Å². The molecule has 0 atom stereocenters. The molecule has 1 aliphatic rings. The van der Waals surface area contributed by atoms with Gasteiger partial charge in [0.15, 0.2) is 0 Å². The van der Waals surface area contributed by atoms with Crippen LogP contribution in [0.1, 0.15) is 22.3 Å². The molecule has 0 aliphatic heterocycles. The van der Waals surface area contributed by atoms with Crippen molar-refractivity contribution in [1.82, 2.24) is 0 Å². The molecule has 0 saturated carbocycles. The van der Waals surface area contributed by atoms with Crippen LogP contribution in [0.5, 0.6) is 0 Å². The number of rotatable bonds is 7. The number of para-hydroxylation sites is 2. The average molecular weight is 625 g/mol. The second-order valence-electron chi connectivity index (χ2n) is 9.51. The number of hydrogen-bond donors (Lipinski definition) is 2. The van der Waals surface area contributed by atoms with Crippen molar-refractivity contribution in [3.8, 4) is 11.1 Å². The quantitative estimate of drug-likeness (QED) is 0.106. The van der Waals surface area contributed by atoms with Gasteiger partial charge in [-0.05, 0) is 49.2 Å². The fourth-order valence-corrected chi connectivity index (χ4v) is 7.21. The molecule has 220 valence electrons. The fraction of sp³-hybridized carbons (Fsp3) is 0.0741. The van der Waals surface area contributed by atoms with Crippen molar-refractivity contribution in [2.24, 2.45) is 5.16 Å². The van der Waals surface area contributed by atoms with Gasteiger partial charge >= 0.3 is 0 Å². The first-order valence-electron chi connectivity index (χ1n) is 12.2. The van der Waals surface area contributed by atoms with Crippen LogP contribution in [0.25, 0.3) is 11.1 Å². The Bertz CT molecular complexity index is 2080. The smallest absolute Gasteiger partial charge is 0.294 e. The zero-order valence-electron chi connectivity index (χ0n) is 22.2. The van der Waals surface area contributed by atoms with Crippen LogP contribution in [0.15, 0.2) is 87.7 Å². The van der Waals surface area contributed by atoms with E-state index in [0.29, 0.717) is 17.2 Å². The number of hydrogen-bond acceptors (Lipinski definition) is 10. The van der Waals surface area contributed by atoms with Crippen molar-refractivity contribution < 1.29 is 36.4 Å². The molecule has 0 unspecified atom stereocenters. The highest BCUT2D eigenvalue weighted by molar-refractivity contribution is 7.93. The van der Waals surface area contributed by atoms with Crippen molar-refractivity contribution >= 4 is 48.6 Å². The van der Waals surface area contributed by atoms with Gasteiger partial charge in [0.25, 0.3) is 31.5 Å². The third kappa shape index (κ3) is 4.76. The highest BCUT2D eigenvalue weighted by Crippen LogP contribution is 2.50. The van der Waals surface area contributed by atoms with E-state index in [4.69, 9.17) is 0 Å². The second-order valence-corrected chi connectivity index (χ2v) is 12.7. The van der Waals surface area contributed by atoms with Crippen LogP contribution in [0, 0.1) is 34.1 Å². The molecule has 0 spiro atoms. The SMILES string of the molecule is Cc1ccccc1N(c1ccccc1C)S(=O)(=O)c1cc2c(c([N+](=O)[O-])c1)-c1c(cc(S(=O)(=O)O)cc1[N+](=O)[O-])/C2=N\O. The van der Waals surface area contributed by atoms with Gasteiger partial charge in [0.1, 0.15) is 10.6 Å². The van der Waals surface area contributed by atoms with Crippen molar-refractivity contribution in [2.45, 2.75) is 23.6 Å². The van der Waals surface area contributed by atoms with E-state index in [1.54, 1.807) is 62.4 Å². The van der Waals surface area contributed by atoms with Gasteiger partial charge in [-0.15, -0.1) is 0 Å². The largest absolute Gasteiger partial charge is 0.410 e. The van der Waals surface area contributed by atoms with Gasteiger partial charge in [-0.25, -0.2) is 12.7 Å². The number of anilines is 2. The van der Waals surface area contributed by atoms with Crippen LogP contribution in [0.4, 0.5) is 22.7 Å². The maximum Gasteiger partial charge on any atom is 0.294 e. The van der Waals surface area contributed by atoms with E-state index in [0.717, 1.165) is 22.5 Å². The van der Waals surface area contributed by atoms with Gasteiger partial charge in [0.2, 0.25) is 0 Å². The predicted octanol–water partition coefficient (Wildman–Crippen LogP) is 5.10. The Morgan fingerprint density at radius 3 is 1.53 bits per heavy atom. The summed E-state index contributed by atoms with van der Waals surface area (Å²) in [6.07, 6.45) is 0. The molecule has 0 aromatic heterocycles. The Labute approximate surface area is 244 Å². The van der Waals surface area contributed by atoms with Crippen molar-refractivity contribution in [1.29, 1.82) is 0 Å². The number of nitro groups is 2. The lowest BCUT2D eigenvalue weighted by molar-refractivity contribution is -0.386. The number of benzene rings is 4. The summed E-state index contributed by atoms with van der Waals surface area (Å²) in [5, 5.41) is 37.3. The summed E-state index contributed by atoms with van der Waals surface area (Å²) in [5.74, 6) is 0. The summed E-state index contributed by atoms with van der Waals surface area (Å²) >= 11 is 0. The molecular formula is C27H20N4O10S2. The van der Waals surface area contributed by atoms with Gasteiger partial charge in [-0.1, -0.05) is 41.6 Å². The summed E-state index contributed by atoms with van der Waals surface area (Å²) in [6.45, 7) is 3.36. The highest BCUT2D eigenvalue weighted by Gasteiger charge is 2.42. The second kappa shape index (κ2) is 10.3. The maximum absolute atomic E-state index is 14.4. The number of sulfonamides is 1. The Morgan fingerprint density at radius 1 is 0.721 bits per heavy atom. The molecule has 0 radical (unpaired) electrons. The highest BCUT2D eigenvalue weighted by atomic mass is 32.2. The predicted molar refractivity (Wildman–Crippen MR) is 154 cm³/mol. The van der Waals surface area contributed by atoms with Gasteiger partial charge in [0, 0.05) is 23.3 Å². The van der Waals surface area contributed by atoms with Crippen molar-refractivity contribution in [3.63, 3.8) is 0 Å². The van der Waals surface area contributed by atoms with E-state index < -0.39 is 73.6 Å². The number of fused-ring (bicyclic) bond motifs is 3. The number of aryl methyl sites for hydroxylation is 2. The first kappa shape index (κ1) is 29.3. The minimum Gasteiger partial charge on any atom is -0.410 e. The molecule has 4 aromatic carbocycles. The third-order valence-corrected chi connectivity index (χ3v) is 9.48. The molecule has 0 heterocycles. The lowest BCUT2D eigenvalue weighted by Gasteiger charge is -2.27. The van der Waals surface area contributed by atoms with Crippen molar-refractivity contribution in [2.75, 3.05) is 4.31 Å². The molecule has 2 N–H and O–H groups in total. The fourth-order valence-electron chi connectivity index (χ4n) is 5.02. The summed E-state index contributed by atoms with van der Waals surface area (Å²) in [7, 11) is -9.70. The van der Waals surface area contributed by atoms with E-state index in [1.165, 1.54) is 0 Å². The molecular weight excluding hydrogens is 604 g/mol.